The van der Waals surface area contributed by atoms with E-state index in [2.05, 4.69) is 10.1 Å². The monoisotopic (exact) mass is 304 g/mol. The second-order valence-corrected chi connectivity index (χ2v) is 5.78. The predicted octanol–water partition coefficient (Wildman–Crippen LogP) is 1.74. The van der Waals surface area contributed by atoms with E-state index < -0.39 is 0 Å². The third-order valence-corrected chi connectivity index (χ3v) is 4.62. The largest absolute Gasteiger partial charge is 0.382 e. The van der Waals surface area contributed by atoms with Gasteiger partial charge in [-0.2, -0.15) is 5.10 Å². The molecule has 3 aromatic heterocycles. The molecule has 0 saturated carbocycles. The van der Waals surface area contributed by atoms with Gasteiger partial charge in [-0.25, -0.2) is 4.98 Å². The molecule has 0 fully saturated rings. The summed E-state index contributed by atoms with van der Waals surface area (Å²) in [6.07, 6.45) is 3.31. The summed E-state index contributed by atoms with van der Waals surface area (Å²) in [6, 6.07) is 1.65. The van der Waals surface area contributed by atoms with Gasteiger partial charge in [-0.1, -0.05) is 0 Å². The Morgan fingerprint density at radius 2 is 2.29 bits per heavy atom. The van der Waals surface area contributed by atoms with E-state index in [-0.39, 0.29) is 11.6 Å². The lowest BCUT2D eigenvalue weighted by atomic mass is 10.2. The first-order valence-electron chi connectivity index (χ1n) is 6.55. The van der Waals surface area contributed by atoms with Crippen LogP contribution in [0.4, 0.5) is 0 Å². The van der Waals surface area contributed by atoms with Crippen LogP contribution in [0.2, 0.25) is 0 Å². The van der Waals surface area contributed by atoms with Gasteiger partial charge in [0.05, 0.1) is 24.1 Å². The average molecular weight is 304 g/mol. The number of methoxy groups -OCH3 is 1. The first kappa shape index (κ1) is 14.0. The van der Waals surface area contributed by atoms with Gasteiger partial charge in [-0.3, -0.25) is 14.0 Å². The lowest BCUT2D eigenvalue weighted by Crippen LogP contribution is -2.29. The standard InChI is InChI=1S/C14H16N4O2S/c1-9-7-21-13-12(9)15-8-18(14(13)19)11(6-20-3)10-4-5-16-17(10)2/h4-5,7-8,11H,6H2,1-3H3/t11-/m1/s1. The summed E-state index contributed by atoms with van der Waals surface area (Å²) in [4.78, 5) is 17.1. The van der Waals surface area contributed by atoms with Crippen LogP contribution in [0.3, 0.4) is 0 Å². The van der Waals surface area contributed by atoms with Crippen molar-refractivity contribution in [1.82, 2.24) is 19.3 Å². The fourth-order valence-corrected chi connectivity index (χ4v) is 3.38. The van der Waals surface area contributed by atoms with Gasteiger partial charge in [-0.15, -0.1) is 11.3 Å². The minimum atomic E-state index is -0.241. The molecule has 1 atom stereocenters. The number of hydrogen-bond acceptors (Lipinski definition) is 5. The van der Waals surface area contributed by atoms with Gasteiger partial charge in [0.2, 0.25) is 0 Å². The minimum Gasteiger partial charge on any atom is -0.382 e. The minimum absolute atomic E-state index is 0.0404. The van der Waals surface area contributed by atoms with Crippen molar-refractivity contribution in [3.05, 3.63) is 45.6 Å². The molecule has 0 aromatic carbocycles. The van der Waals surface area contributed by atoms with Crippen LogP contribution in [0, 0.1) is 6.92 Å². The van der Waals surface area contributed by atoms with Gasteiger partial charge in [0.1, 0.15) is 10.7 Å². The molecule has 21 heavy (non-hydrogen) atoms. The Labute approximate surface area is 125 Å². The Hall–Kier alpha value is -1.99. The summed E-state index contributed by atoms with van der Waals surface area (Å²) in [6.45, 7) is 2.35. The summed E-state index contributed by atoms with van der Waals surface area (Å²) in [7, 11) is 3.47. The Morgan fingerprint density at radius 1 is 1.48 bits per heavy atom. The number of fused-ring (bicyclic) bond motifs is 1. The fraction of sp³-hybridized carbons (Fsp3) is 0.357. The van der Waals surface area contributed by atoms with Crippen molar-refractivity contribution in [3.63, 3.8) is 0 Å². The van der Waals surface area contributed by atoms with Gasteiger partial charge >= 0.3 is 0 Å². The third kappa shape index (κ3) is 2.28. The van der Waals surface area contributed by atoms with Crippen molar-refractivity contribution in [1.29, 1.82) is 0 Å². The van der Waals surface area contributed by atoms with Gasteiger partial charge in [-0.05, 0) is 23.9 Å². The molecule has 6 nitrogen and oxygen atoms in total. The van der Waals surface area contributed by atoms with E-state index >= 15 is 0 Å². The molecule has 0 radical (unpaired) electrons. The topological polar surface area (TPSA) is 61.9 Å². The molecule has 0 bridgehead atoms. The lowest BCUT2D eigenvalue weighted by Gasteiger charge is -2.19. The van der Waals surface area contributed by atoms with Crippen molar-refractivity contribution < 1.29 is 4.74 Å². The molecule has 110 valence electrons. The Bertz CT molecular complexity index is 833. The van der Waals surface area contributed by atoms with E-state index in [4.69, 9.17) is 4.74 Å². The molecule has 0 spiro atoms. The van der Waals surface area contributed by atoms with E-state index in [9.17, 15) is 4.79 Å². The summed E-state index contributed by atoms with van der Waals surface area (Å²) >= 11 is 1.43. The van der Waals surface area contributed by atoms with E-state index in [0.717, 1.165) is 16.8 Å². The second-order valence-electron chi connectivity index (χ2n) is 4.90. The van der Waals surface area contributed by atoms with Crippen LogP contribution in [0.25, 0.3) is 10.2 Å². The normalized spacial score (nSPS) is 12.9. The molecule has 3 rings (SSSR count). The lowest BCUT2D eigenvalue weighted by molar-refractivity contribution is 0.164. The molecular formula is C14H16N4O2S. The fourth-order valence-electron chi connectivity index (χ4n) is 2.44. The summed E-state index contributed by atoms with van der Waals surface area (Å²) in [5.74, 6) is 0. The highest BCUT2D eigenvalue weighted by molar-refractivity contribution is 7.17. The number of rotatable bonds is 4. The zero-order valence-corrected chi connectivity index (χ0v) is 12.9. The molecule has 0 aliphatic rings. The van der Waals surface area contributed by atoms with Crippen LogP contribution in [0.1, 0.15) is 17.3 Å². The maximum Gasteiger partial charge on any atom is 0.272 e. The van der Waals surface area contributed by atoms with Crippen LogP contribution >= 0.6 is 11.3 Å². The molecule has 0 aliphatic carbocycles. The summed E-state index contributed by atoms with van der Waals surface area (Å²) in [5.41, 5.74) is 2.68. The van der Waals surface area contributed by atoms with Crippen LogP contribution in [-0.4, -0.2) is 33.0 Å². The maximum absolute atomic E-state index is 12.7. The highest BCUT2D eigenvalue weighted by Gasteiger charge is 2.20. The second kappa shape index (κ2) is 5.42. The first-order chi connectivity index (χ1) is 10.1. The predicted molar refractivity (Wildman–Crippen MR) is 81.8 cm³/mol. The molecule has 3 aromatic rings. The third-order valence-electron chi connectivity index (χ3n) is 3.54. The Morgan fingerprint density at radius 3 is 2.95 bits per heavy atom. The molecule has 0 aliphatic heterocycles. The number of hydrogen-bond donors (Lipinski definition) is 0. The molecule has 0 N–H and O–H groups in total. The zero-order chi connectivity index (χ0) is 15.0. The van der Waals surface area contributed by atoms with E-state index in [0.29, 0.717) is 11.3 Å². The number of thiophene rings is 1. The molecule has 0 amide bonds. The smallest absolute Gasteiger partial charge is 0.272 e. The van der Waals surface area contributed by atoms with Crippen molar-refractivity contribution in [2.24, 2.45) is 7.05 Å². The Balaban J connectivity index is 2.18. The highest BCUT2D eigenvalue weighted by Crippen LogP contribution is 2.22. The van der Waals surface area contributed by atoms with Crippen LogP contribution < -0.4 is 5.56 Å². The maximum atomic E-state index is 12.7. The SMILES string of the molecule is COC[C@H](c1ccnn1C)n1cnc2c(C)csc2c1=O. The van der Waals surface area contributed by atoms with Gasteiger partial charge < -0.3 is 4.74 Å². The van der Waals surface area contributed by atoms with Crippen LogP contribution in [0.5, 0.6) is 0 Å². The van der Waals surface area contributed by atoms with Gasteiger partial charge in [0.15, 0.2) is 0 Å². The van der Waals surface area contributed by atoms with E-state index in [1.807, 2.05) is 25.4 Å². The molecular weight excluding hydrogens is 288 g/mol. The summed E-state index contributed by atoms with van der Waals surface area (Å²) < 4.78 is 9.34. The molecule has 3 heterocycles. The zero-order valence-electron chi connectivity index (χ0n) is 12.1. The highest BCUT2D eigenvalue weighted by atomic mass is 32.1. The molecule has 0 saturated heterocycles. The van der Waals surface area contributed by atoms with Crippen molar-refractivity contribution in [2.45, 2.75) is 13.0 Å². The molecule has 7 heteroatoms. The molecule has 0 unspecified atom stereocenters. The van der Waals surface area contributed by atoms with Crippen molar-refractivity contribution in [3.8, 4) is 0 Å². The number of aryl methyl sites for hydroxylation is 2. The van der Waals surface area contributed by atoms with Crippen LogP contribution in [-0.2, 0) is 11.8 Å². The average Bonchev–Trinajstić information content (AvgIpc) is 3.05. The summed E-state index contributed by atoms with van der Waals surface area (Å²) in [5, 5.41) is 6.13. The Kier molecular flexibility index (Phi) is 3.60. The number of nitrogens with zero attached hydrogens (tertiary/aromatic N) is 4. The number of ether oxygens (including phenoxy) is 1. The first-order valence-corrected chi connectivity index (χ1v) is 7.43. The van der Waals surface area contributed by atoms with Crippen molar-refractivity contribution >= 4 is 21.6 Å². The number of aromatic nitrogens is 4. The van der Waals surface area contributed by atoms with Crippen LogP contribution in [0.15, 0.2) is 28.8 Å². The quantitative estimate of drug-likeness (QED) is 0.736. The van der Waals surface area contributed by atoms with Gasteiger partial charge in [0, 0.05) is 20.4 Å². The van der Waals surface area contributed by atoms with Gasteiger partial charge in [0.25, 0.3) is 5.56 Å². The van der Waals surface area contributed by atoms with E-state index in [1.165, 1.54) is 11.3 Å². The van der Waals surface area contributed by atoms with E-state index in [1.54, 1.807) is 28.9 Å². The van der Waals surface area contributed by atoms with Crippen molar-refractivity contribution in [2.75, 3.05) is 13.7 Å².